The summed E-state index contributed by atoms with van der Waals surface area (Å²) in [6.45, 7) is 11.3. The Bertz CT molecular complexity index is 1130. The third kappa shape index (κ3) is 4.61. The lowest BCUT2D eigenvalue weighted by Gasteiger charge is -2.35. The molecule has 0 spiro atoms. The summed E-state index contributed by atoms with van der Waals surface area (Å²) in [6, 6.07) is 2.69. The van der Waals surface area contributed by atoms with E-state index in [2.05, 4.69) is 40.7 Å². The molecule has 0 N–H and O–H groups in total. The van der Waals surface area contributed by atoms with Crippen molar-refractivity contribution in [2.24, 2.45) is 5.92 Å². The van der Waals surface area contributed by atoms with Crippen molar-refractivity contribution in [2.45, 2.75) is 59.0 Å². The molecule has 0 amide bonds. The van der Waals surface area contributed by atoms with Gasteiger partial charge in [-0.3, -0.25) is 4.68 Å². The van der Waals surface area contributed by atoms with Gasteiger partial charge in [0.1, 0.15) is 0 Å². The van der Waals surface area contributed by atoms with Crippen LogP contribution in [0.2, 0.25) is 0 Å². The first-order valence-corrected chi connectivity index (χ1v) is 12.5. The van der Waals surface area contributed by atoms with E-state index in [0.717, 1.165) is 48.4 Å². The molecule has 182 valence electrons. The Hall–Kier alpha value is -2.71. The van der Waals surface area contributed by atoms with E-state index in [1.807, 2.05) is 24.0 Å². The Kier molecular flexibility index (Phi) is 6.70. The molecule has 8 nitrogen and oxygen atoms in total. The van der Waals surface area contributed by atoms with Crippen molar-refractivity contribution in [1.82, 2.24) is 29.4 Å². The van der Waals surface area contributed by atoms with Crippen molar-refractivity contribution in [3.05, 3.63) is 41.5 Å². The SMILES string of the molecule is COc1ncc(-n2nc(-c3cnn(CC4CCCN(C(C)C)C4)c3)c3c2CCOCC3)cc1C. The van der Waals surface area contributed by atoms with Crippen molar-refractivity contribution in [3.63, 3.8) is 0 Å². The molecule has 5 heterocycles. The summed E-state index contributed by atoms with van der Waals surface area (Å²) in [5.41, 5.74) is 6.48. The smallest absolute Gasteiger partial charge is 0.216 e. The fourth-order valence-electron chi connectivity index (χ4n) is 5.34. The van der Waals surface area contributed by atoms with Gasteiger partial charge in [-0.15, -0.1) is 0 Å². The number of pyridine rings is 1. The molecule has 8 heteroatoms. The van der Waals surface area contributed by atoms with Crippen LogP contribution in [0.5, 0.6) is 5.88 Å². The lowest BCUT2D eigenvalue weighted by atomic mass is 9.97. The summed E-state index contributed by atoms with van der Waals surface area (Å²) in [5, 5.41) is 9.82. The van der Waals surface area contributed by atoms with Crippen molar-refractivity contribution >= 4 is 0 Å². The molecule has 3 aromatic heterocycles. The summed E-state index contributed by atoms with van der Waals surface area (Å²) in [5.74, 6) is 1.28. The third-order valence-electron chi connectivity index (χ3n) is 7.16. The van der Waals surface area contributed by atoms with Gasteiger partial charge in [0, 0.05) is 48.4 Å². The Morgan fingerprint density at radius 1 is 1.21 bits per heavy atom. The van der Waals surface area contributed by atoms with Crippen LogP contribution in [0.15, 0.2) is 24.7 Å². The van der Waals surface area contributed by atoms with E-state index in [1.54, 1.807) is 7.11 Å². The van der Waals surface area contributed by atoms with Crippen LogP contribution in [0.1, 0.15) is 43.5 Å². The van der Waals surface area contributed by atoms with Gasteiger partial charge in [-0.2, -0.15) is 10.2 Å². The van der Waals surface area contributed by atoms with E-state index >= 15 is 0 Å². The Labute approximate surface area is 201 Å². The molecule has 34 heavy (non-hydrogen) atoms. The summed E-state index contributed by atoms with van der Waals surface area (Å²) in [7, 11) is 1.65. The number of ether oxygens (including phenoxy) is 2. The molecule has 0 radical (unpaired) electrons. The zero-order valence-corrected chi connectivity index (χ0v) is 20.8. The zero-order valence-electron chi connectivity index (χ0n) is 20.8. The lowest BCUT2D eigenvalue weighted by Crippen LogP contribution is -2.41. The van der Waals surface area contributed by atoms with Crippen molar-refractivity contribution in [2.75, 3.05) is 33.4 Å². The average Bonchev–Trinajstić information content (AvgIpc) is 3.35. The second-order valence-electron chi connectivity index (χ2n) is 9.87. The summed E-state index contributed by atoms with van der Waals surface area (Å²) in [4.78, 5) is 7.07. The largest absolute Gasteiger partial charge is 0.481 e. The van der Waals surface area contributed by atoms with Gasteiger partial charge in [-0.05, 0) is 58.6 Å². The predicted octanol–water partition coefficient (Wildman–Crippen LogP) is 3.68. The van der Waals surface area contributed by atoms with Gasteiger partial charge in [0.25, 0.3) is 0 Å². The first-order valence-electron chi connectivity index (χ1n) is 12.5. The minimum Gasteiger partial charge on any atom is -0.481 e. The van der Waals surface area contributed by atoms with Gasteiger partial charge in [0.15, 0.2) is 0 Å². The lowest BCUT2D eigenvalue weighted by molar-refractivity contribution is 0.128. The normalized spacial score (nSPS) is 19.3. The zero-order chi connectivity index (χ0) is 23.7. The Balaban J connectivity index is 1.44. The quantitative estimate of drug-likeness (QED) is 0.554. The molecule has 1 unspecified atom stereocenters. The number of nitrogens with zero attached hydrogens (tertiary/aromatic N) is 6. The van der Waals surface area contributed by atoms with E-state index in [-0.39, 0.29) is 0 Å². The van der Waals surface area contributed by atoms with Crippen molar-refractivity contribution in [3.8, 4) is 22.8 Å². The van der Waals surface area contributed by atoms with Gasteiger partial charge >= 0.3 is 0 Å². The van der Waals surface area contributed by atoms with Crippen LogP contribution in [0, 0.1) is 12.8 Å². The van der Waals surface area contributed by atoms with Crippen LogP contribution >= 0.6 is 0 Å². The maximum Gasteiger partial charge on any atom is 0.216 e. The monoisotopic (exact) mass is 464 g/mol. The number of aromatic nitrogens is 5. The molecule has 1 saturated heterocycles. The minimum absolute atomic E-state index is 0.605. The fraction of sp³-hybridized carbons (Fsp3) is 0.577. The number of rotatable bonds is 6. The molecule has 3 aromatic rings. The van der Waals surface area contributed by atoms with Crippen LogP contribution in [-0.4, -0.2) is 68.9 Å². The first-order chi connectivity index (χ1) is 16.5. The summed E-state index contributed by atoms with van der Waals surface area (Å²) in [6.07, 6.45) is 10.2. The predicted molar refractivity (Wildman–Crippen MR) is 132 cm³/mol. The standard InChI is InChI=1S/C26H36N6O2/c1-18(2)30-9-5-6-20(15-30)16-31-17-21(13-28-31)25-23-7-10-34-11-8-24(23)32(29-25)22-12-19(3)26(33-4)27-14-22/h12-14,17-18,20H,5-11,15-16H2,1-4H3. The second-order valence-corrected chi connectivity index (χ2v) is 9.87. The van der Waals surface area contributed by atoms with Gasteiger partial charge < -0.3 is 14.4 Å². The summed E-state index contributed by atoms with van der Waals surface area (Å²) >= 11 is 0. The van der Waals surface area contributed by atoms with Gasteiger partial charge in [0.2, 0.25) is 5.88 Å². The number of aryl methyl sites for hydroxylation is 1. The number of hydrogen-bond donors (Lipinski definition) is 0. The van der Waals surface area contributed by atoms with E-state index in [0.29, 0.717) is 31.1 Å². The van der Waals surface area contributed by atoms with Crippen molar-refractivity contribution < 1.29 is 9.47 Å². The maximum atomic E-state index is 5.81. The number of hydrogen-bond acceptors (Lipinski definition) is 6. The van der Waals surface area contributed by atoms with Crippen LogP contribution in [0.25, 0.3) is 16.9 Å². The number of piperidine rings is 1. The first kappa shape index (κ1) is 23.1. The molecule has 0 saturated carbocycles. The van der Waals surface area contributed by atoms with Gasteiger partial charge in [-0.1, -0.05) is 0 Å². The van der Waals surface area contributed by atoms with E-state index in [9.17, 15) is 0 Å². The van der Waals surface area contributed by atoms with Crippen LogP contribution in [0.4, 0.5) is 0 Å². The highest BCUT2D eigenvalue weighted by molar-refractivity contribution is 5.64. The molecule has 2 aliphatic heterocycles. The van der Waals surface area contributed by atoms with Crippen molar-refractivity contribution in [1.29, 1.82) is 0 Å². The number of likely N-dealkylation sites (tertiary alicyclic amines) is 1. The molecular formula is C26H36N6O2. The van der Waals surface area contributed by atoms with Crippen LogP contribution < -0.4 is 4.74 Å². The molecular weight excluding hydrogens is 428 g/mol. The Morgan fingerprint density at radius 2 is 2.06 bits per heavy atom. The molecule has 2 aliphatic rings. The second kappa shape index (κ2) is 9.88. The van der Waals surface area contributed by atoms with E-state index < -0.39 is 0 Å². The highest BCUT2D eigenvalue weighted by atomic mass is 16.5. The third-order valence-corrected chi connectivity index (χ3v) is 7.16. The van der Waals surface area contributed by atoms with Crippen LogP contribution in [0.3, 0.4) is 0 Å². The average molecular weight is 465 g/mol. The maximum absolute atomic E-state index is 5.81. The molecule has 0 aliphatic carbocycles. The van der Waals surface area contributed by atoms with Gasteiger partial charge in [0.05, 0.1) is 49.8 Å². The fourth-order valence-corrected chi connectivity index (χ4v) is 5.34. The molecule has 5 rings (SSSR count). The van der Waals surface area contributed by atoms with Crippen LogP contribution in [-0.2, 0) is 24.1 Å². The molecule has 0 bridgehead atoms. The number of methoxy groups -OCH3 is 1. The van der Waals surface area contributed by atoms with E-state index in [1.165, 1.54) is 30.6 Å². The number of fused-ring (bicyclic) bond motifs is 1. The minimum atomic E-state index is 0.605. The highest BCUT2D eigenvalue weighted by Crippen LogP contribution is 2.31. The molecule has 1 atom stereocenters. The summed E-state index contributed by atoms with van der Waals surface area (Å²) < 4.78 is 15.3. The molecule has 1 fully saturated rings. The Morgan fingerprint density at radius 3 is 2.85 bits per heavy atom. The van der Waals surface area contributed by atoms with Gasteiger partial charge in [-0.25, -0.2) is 9.67 Å². The molecule has 0 aromatic carbocycles. The highest BCUT2D eigenvalue weighted by Gasteiger charge is 2.25. The topological polar surface area (TPSA) is 70.2 Å². The van der Waals surface area contributed by atoms with E-state index in [4.69, 9.17) is 19.7 Å².